The van der Waals surface area contributed by atoms with Crippen molar-refractivity contribution < 1.29 is 19.8 Å². The van der Waals surface area contributed by atoms with Crippen LogP contribution in [0.25, 0.3) is 0 Å². The van der Waals surface area contributed by atoms with E-state index in [1.807, 2.05) is 0 Å². The van der Waals surface area contributed by atoms with Gasteiger partial charge in [0.2, 0.25) is 0 Å². The van der Waals surface area contributed by atoms with Crippen LogP contribution in [0.1, 0.15) is 71.6 Å². The average molecular weight is 385 g/mol. The van der Waals surface area contributed by atoms with Gasteiger partial charge in [0.15, 0.2) is 0 Å². The van der Waals surface area contributed by atoms with Gasteiger partial charge in [0.1, 0.15) is 5.78 Å². The van der Waals surface area contributed by atoms with Crippen LogP contribution in [0.4, 0.5) is 0 Å². The number of Topliss-reactive ketones (excluding diaryl/α,β-unsaturated/α-hetero) is 1. The van der Waals surface area contributed by atoms with Gasteiger partial charge in [0.05, 0.1) is 5.60 Å². The van der Waals surface area contributed by atoms with Crippen molar-refractivity contribution in [1.82, 2.24) is 0 Å². The first-order chi connectivity index (χ1) is 13.2. The highest BCUT2D eigenvalue weighted by atomic mass is 16.4. The first-order valence-electron chi connectivity index (χ1n) is 11.4. The molecule has 6 aliphatic carbocycles. The summed E-state index contributed by atoms with van der Waals surface area (Å²) in [5.41, 5.74) is 2.36. The van der Waals surface area contributed by atoms with Crippen molar-refractivity contribution in [3.63, 3.8) is 0 Å². The van der Waals surface area contributed by atoms with Gasteiger partial charge in [0.25, 0.3) is 0 Å². The highest BCUT2D eigenvalue weighted by molar-refractivity contribution is 5.83. The molecule has 28 heavy (non-hydrogen) atoms. The van der Waals surface area contributed by atoms with Gasteiger partial charge in [-0.2, -0.15) is 0 Å². The molecule has 3 unspecified atom stereocenters. The molecular formula is C24H32O4. The number of hydrogen-bond donors (Lipinski definition) is 2. The van der Waals surface area contributed by atoms with Crippen molar-refractivity contribution in [2.75, 3.05) is 0 Å². The smallest absolute Gasteiger partial charge is 0.303 e. The van der Waals surface area contributed by atoms with Crippen LogP contribution in [0, 0.1) is 46.3 Å². The minimum atomic E-state index is -0.797. The fourth-order valence-corrected chi connectivity index (χ4v) is 9.20. The fraction of sp³-hybridized carbons (Fsp3) is 0.833. The monoisotopic (exact) mass is 384 g/mol. The average Bonchev–Trinajstić information content (AvgIpc) is 3.53. The molecule has 5 saturated carbocycles. The molecule has 0 saturated heterocycles. The van der Waals surface area contributed by atoms with Gasteiger partial charge in [0, 0.05) is 24.7 Å². The molecule has 5 fully saturated rings. The molecule has 0 aliphatic heterocycles. The number of hydrogen-bond acceptors (Lipinski definition) is 3. The number of aliphatic carboxylic acids is 1. The van der Waals surface area contributed by atoms with Crippen LogP contribution in [0.3, 0.4) is 0 Å². The molecule has 2 N–H and O–H groups in total. The number of fused-ring (bicyclic) bond motifs is 9. The lowest BCUT2D eigenvalue weighted by atomic mass is 9.45. The Hall–Kier alpha value is -1.16. The molecule has 152 valence electrons. The van der Waals surface area contributed by atoms with Crippen LogP contribution in [0.15, 0.2) is 11.1 Å². The Morgan fingerprint density at radius 2 is 2.00 bits per heavy atom. The lowest BCUT2D eigenvalue weighted by Gasteiger charge is -2.59. The van der Waals surface area contributed by atoms with E-state index in [0.29, 0.717) is 54.1 Å². The number of carbonyl (C=O) groups excluding carboxylic acids is 1. The summed E-state index contributed by atoms with van der Waals surface area (Å²) in [6.45, 7) is 4.72. The van der Waals surface area contributed by atoms with Crippen LogP contribution in [-0.2, 0) is 9.59 Å². The minimum Gasteiger partial charge on any atom is -0.481 e. The van der Waals surface area contributed by atoms with Gasteiger partial charge < -0.3 is 10.2 Å². The Bertz CT molecular complexity index is 828. The van der Waals surface area contributed by atoms with E-state index in [1.165, 1.54) is 12.0 Å². The zero-order chi connectivity index (χ0) is 19.6. The van der Waals surface area contributed by atoms with Gasteiger partial charge in [-0.25, -0.2) is 0 Å². The Kier molecular flexibility index (Phi) is 3.23. The lowest BCUT2D eigenvalue weighted by molar-refractivity contribution is -0.158. The zero-order valence-corrected chi connectivity index (χ0v) is 17.0. The molecule has 0 bridgehead atoms. The molecule has 4 heteroatoms. The van der Waals surface area contributed by atoms with Crippen molar-refractivity contribution >= 4 is 11.8 Å². The number of ketones is 1. The Morgan fingerprint density at radius 3 is 2.75 bits per heavy atom. The minimum absolute atomic E-state index is 0.0781. The van der Waals surface area contributed by atoms with E-state index in [0.717, 1.165) is 32.1 Å². The summed E-state index contributed by atoms with van der Waals surface area (Å²) >= 11 is 0. The first-order valence-corrected chi connectivity index (χ1v) is 11.4. The molecule has 0 aromatic carbocycles. The topological polar surface area (TPSA) is 74.6 Å². The number of carboxylic acids is 1. The number of carbonyl (C=O) groups is 2. The maximum absolute atomic E-state index is 12.2. The van der Waals surface area contributed by atoms with E-state index in [9.17, 15) is 19.8 Å². The van der Waals surface area contributed by atoms with Crippen LogP contribution >= 0.6 is 0 Å². The van der Waals surface area contributed by atoms with E-state index < -0.39 is 11.6 Å². The predicted octanol–water partition coefficient (Wildman–Crippen LogP) is 3.97. The van der Waals surface area contributed by atoms with Crippen LogP contribution in [0.2, 0.25) is 0 Å². The molecule has 0 radical (unpaired) electrons. The quantitative estimate of drug-likeness (QED) is 0.722. The summed E-state index contributed by atoms with van der Waals surface area (Å²) in [5.74, 6) is 3.01. The van der Waals surface area contributed by atoms with E-state index in [2.05, 4.69) is 13.8 Å². The van der Waals surface area contributed by atoms with Gasteiger partial charge in [-0.3, -0.25) is 9.59 Å². The SMILES string of the molecule is C[C@]12CCC(=O)CC1=C1C[C@@H]1C1C2CC[C@@]2(C)C1[C@@H]1C[C@@H]1[C@@]2(O)CCC(=O)O. The second kappa shape index (κ2) is 5.11. The molecule has 6 rings (SSSR count). The summed E-state index contributed by atoms with van der Waals surface area (Å²) in [7, 11) is 0. The molecule has 0 spiro atoms. The summed E-state index contributed by atoms with van der Waals surface area (Å²) in [6.07, 6.45) is 7.35. The van der Waals surface area contributed by atoms with Crippen molar-refractivity contribution in [3.05, 3.63) is 11.1 Å². The van der Waals surface area contributed by atoms with Crippen LogP contribution in [0.5, 0.6) is 0 Å². The molecule has 6 aliphatic rings. The molecule has 0 aromatic heterocycles. The van der Waals surface area contributed by atoms with Crippen LogP contribution < -0.4 is 0 Å². The zero-order valence-electron chi connectivity index (χ0n) is 17.0. The highest BCUT2D eigenvalue weighted by Crippen LogP contribution is 2.80. The molecule has 4 nitrogen and oxygen atoms in total. The van der Waals surface area contributed by atoms with Crippen molar-refractivity contribution in [1.29, 1.82) is 0 Å². The normalized spacial score (nSPS) is 55.6. The second-order valence-corrected chi connectivity index (χ2v) is 11.4. The summed E-state index contributed by atoms with van der Waals surface area (Å²) in [5, 5.41) is 21.1. The van der Waals surface area contributed by atoms with Gasteiger partial charge in [-0.15, -0.1) is 0 Å². The molecule has 0 heterocycles. The van der Waals surface area contributed by atoms with Gasteiger partial charge in [-0.1, -0.05) is 25.0 Å². The lowest BCUT2D eigenvalue weighted by Crippen LogP contribution is -2.57. The fourth-order valence-electron chi connectivity index (χ4n) is 9.20. The molecule has 0 aromatic rings. The maximum Gasteiger partial charge on any atom is 0.303 e. The number of carboxylic acid groups (broad SMARTS) is 1. The van der Waals surface area contributed by atoms with E-state index in [4.69, 9.17) is 0 Å². The van der Waals surface area contributed by atoms with Gasteiger partial charge >= 0.3 is 5.97 Å². The molecule has 0 amide bonds. The van der Waals surface area contributed by atoms with Crippen LogP contribution in [-0.4, -0.2) is 27.6 Å². The highest BCUT2D eigenvalue weighted by Gasteiger charge is 2.77. The Labute approximate surface area is 166 Å². The summed E-state index contributed by atoms with van der Waals surface area (Å²) < 4.78 is 0. The number of allylic oxidation sites excluding steroid dienone is 2. The van der Waals surface area contributed by atoms with Crippen molar-refractivity contribution in [2.45, 2.75) is 77.2 Å². The Balaban J connectivity index is 1.39. The molecular weight excluding hydrogens is 352 g/mol. The van der Waals surface area contributed by atoms with E-state index >= 15 is 0 Å². The number of aliphatic hydroxyl groups is 1. The standard InChI is InChI=1S/C24H32O4/c1-22-6-3-12(25)9-17(22)13-10-14(13)20-16(22)4-7-23(2)21(20)15-11-18(15)24(23,28)8-5-19(26)27/h14-16,18,20-21,28H,3-11H2,1-2H3,(H,26,27)/t14-,15+,16?,18-,20?,21?,22+,23-,24-/m0/s1. The largest absolute Gasteiger partial charge is 0.481 e. The number of rotatable bonds is 3. The first kappa shape index (κ1) is 17.7. The predicted molar refractivity (Wildman–Crippen MR) is 103 cm³/mol. The third kappa shape index (κ3) is 1.92. The van der Waals surface area contributed by atoms with Gasteiger partial charge in [-0.05, 0) is 79.4 Å². The maximum atomic E-state index is 12.2. The molecule has 9 atom stereocenters. The Morgan fingerprint density at radius 1 is 1.21 bits per heavy atom. The van der Waals surface area contributed by atoms with E-state index in [-0.39, 0.29) is 17.3 Å². The summed E-state index contributed by atoms with van der Waals surface area (Å²) in [4.78, 5) is 23.4. The summed E-state index contributed by atoms with van der Waals surface area (Å²) in [6, 6.07) is 0. The van der Waals surface area contributed by atoms with Crippen molar-refractivity contribution in [2.24, 2.45) is 46.3 Å². The third-order valence-corrected chi connectivity index (χ3v) is 10.6. The third-order valence-electron chi connectivity index (χ3n) is 10.6. The second-order valence-electron chi connectivity index (χ2n) is 11.4. The van der Waals surface area contributed by atoms with Crippen molar-refractivity contribution in [3.8, 4) is 0 Å². The van der Waals surface area contributed by atoms with E-state index in [1.54, 1.807) is 5.57 Å².